The van der Waals surface area contributed by atoms with Gasteiger partial charge in [-0.15, -0.1) is 0 Å². The summed E-state index contributed by atoms with van der Waals surface area (Å²) in [6, 6.07) is 12.6. The number of aromatic nitrogens is 1. The quantitative estimate of drug-likeness (QED) is 0.766. The van der Waals surface area contributed by atoms with Gasteiger partial charge in [0.2, 0.25) is 0 Å². The Morgan fingerprint density at radius 3 is 2.80 bits per heavy atom. The zero-order valence-electron chi connectivity index (χ0n) is 15.4. The van der Waals surface area contributed by atoms with Gasteiger partial charge in [0.05, 0.1) is 11.8 Å². The Morgan fingerprint density at radius 1 is 1.24 bits per heavy atom. The van der Waals surface area contributed by atoms with E-state index < -0.39 is 0 Å². The van der Waals surface area contributed by atoms with Crippen molar-refractivity contribution in [3.05, 3.63) is 54.4 Å². The molecule has 1 atom stereocenters. The van der Waals surface area contributed by atoms with E-state index in [4.69, 9.17) is 9.47 Å². The molecule has 0 bridgehead atoms. The molecule has 1 aromatic carbocycles. The fraction of sp³-hybridized carbons (Fsp3) is 0.476. The maximum atomic E-state index is 6.07. The van der Waals surface area contributed by atoms with Gasteiger partial charge in [-0.3, -0.25) is 9.88 Å². The van der Waals surface area contributed by atoms with Crippen molar-refractivity contribution in [2.75, 3.05) is 13.2 Å². The Labute approximate surface area is 150 Å². The molecular weight excluding hydrogens is 312 g/mol. The van der Waals surface area contributed by atoms with E-state index >= 15 is 0 Å². The van der Waals surface area contributed by atoms with Gasteiger partial charge in [0.1, 0.15) is 11.5 Å². The van der Waals surface area contributed by atoms with Gasteiger partial charge in [-0.25, -0.2) is 0 Å². The van der Waals surface area contributed by atoms with Crippen LogP contribution in [0.1, 0.15) is 39.2 Å². The van der Waals surface area contributed by atoms with Crippen molar-refractivity contribution in [3.8, 4) is 11.5 Å². The van der Waals surface area contributed by atoms with Crippen LogP contribution in [0.15, 0.2) is 48.8 Å². The van der Waals surface area contributed by atoms with Gasteiger partial charge in [-0.1, -0.05) is 25.1 Å². The average Bonchev–Trinajstić information content (AvgIpc) is 2.61. The lowest BCUT2D eigenvalue weighted by molar-refractivity contribution is -0.0839. The van der Waals surface area contributed by atoms with Gasteiger partial charge >= 0.3 is 0 Å². The van der Waals surface area contributed by atoms with Crippen molar-refractivity contribution in [1.29, 1.82) is 0 Å². The van der Waals surface area contributed by atoms with Gasteiger partial charge in [0.15, 0.2) is 0 Å². The van der Waals surface area contributed by atoms with E-state index in [0.29, 0.717) is 6.04 Å². The summed E-state index contributed by atoms with van der Waals surface area (Å²) in [4.78, 5) is 6.67. The standard InChI is InChI=1S/C21H28N2O2/c1-4-23(18-11-13-24-21(2,3)14-18)16-17-8-5-6-10-20(17)25-19-9-7-12-22-15-19/h5-10,12,15,18H,4,11,13-14,16H2,1-3H3. The van der Waals surface area contributed by atoms with Crippen LogP contribution in [0.4, 0.5) is 0 Å². The Morgan fingerprint density at radius 2 is 2.08 bits per heavy atom. The summed E-state index contributed by atoms with van der Waals surface area (Å²) < 4.78 is 12.0. The van der Waals surface area contributed by atoms with Crippen LogP contribution in [-0.2, 0) is 11.3 Å². The Balaban J connectivity index is 1.75. The number of ether oxygens (including phenoxy) is 2. The van der Waals surface area contributed by atoms with Crippen molar-refractivity contribution in [2.24, 2.45) is 0 Å². The molecule has 1 aliphatic rings. The van der Waals surface area contributed by atoms with Crippen molar-refractivity contribution >= 4 is 0 Å². The minimum atomic E-state index is -0.0396. The van der Waals surface area contributed by atoms with Crippen molar-refractivity contribution < 1.29 is 9.47 Å². The predicted octanol–water partition coefficient (Wildman–Crippen LogP) is 4.65. The normalized spacial score (nSPS) is 19.8. The summed E-state index contributed by atoms with van der Waals surface area (Å²) in [6.07, 6.45) is 5.65. The average molecular weight is 340 g/mol. The second kappa shape index (κ2) is 7.98. The number of pyridine rings is 1. The van der Waals surface area contributed by atoms with Crippen LogP contribution in [0.2, 0.25) is 0 Å². The lowest BCUT2D eigenvalue weighted by atomic mass is 9.92. The third-order valence-electron chi connectivity index (χ3n) is 4.80. The second-order valence-electron chi connectivity index (χ2n) is 7.22. The highest BCUT2D eigenvalue weighted by Crippen LogP contribution is 2.30. The molecule has 4 nitrogen and oxygen atoms in total. The van der Waals surface area contributed by atoms with Crippen LogP contribution in [0.25, 0.3) is 0 Å². The number of nitrogens with zero attached hydrogens (tertiary/aromatic N) is 2. The van der Waals surface area contributed by atoms with E-state index in [2.05, 4.69) is 42.8 Å². The van der Waals surface area contributed by atoms with Gasteiger partial charge in [-0.05, 0) is 51.4 Å². The molecule has 1 aliphatic heterocycles. The van der Waals surface area contributed by atoms with Gasteiger partial charge in [-0.2, -0.15) is 0 Å². The zero-order valence-corrected chi connectivity index (χ0v) is 15.4. The third kappa shape index (κ3) is 4.80. The number of para-hydroxylation sites is 1. The Kier molecular flexibility index (Phi) is 5.71. The van der Waals surface area contributed by atoms with Gasteiger partial charge in [0.25, 0.3) is 0 Å². The number of benzene rings is 1. The molecule has 1 unspecified atom stereocenters. The number of rotatable bonds is 6. The summed E-state index contributed by atoms with van der Waals surface area (Å²) in [7, 11) is 0. The Bertz CT molecular complexity index is 673. The number of hydrogen-bond acceptors (Lipinski definition) is 4. The lowest BCUT2D eigenvalue weighted by Gasteiger charge is -2.41. The molecule has 3 rings (SSSR count). The van der Waals surface area contributed by atoms with Crippen molar-refractivity contribution in [1.82, 2.24) is 9.88 Å². The highest BCUT2D eigenvalue weighted by molar-refractivity contribution is 5.37. The summed E-state index contributed by atoms with van der Waals surface area (Å²) in [5.74, 6) is 1.67. The molecule has 25 heavy (non-hydrogen) atoms. The fourth-order valence-electron chi connectivity index (χ4n) is 3.50. The molecule has 0 aliphatic carbocycles. The maximum absolute atomic E-state index is 6.07. The first-order valence-electron chi connectivity index (χ1n) is 9.11. The minimum Gasteiger partial charge on any atom is -0.455 e. The molecule has 1 fully saturated rings. The van der Waals surface area contributed by atoms with E-state index in [1.54, 1.807) is 12.4 Å². The third-order valence-corrected chi connectivity index (χ3v) is 4.80. The molecule has 0 amide bonds. The van der Waals surface area contributed by atoms with Crippen LogP contribution < -0.4 is 4.74 Å². The molecule has 0 saturated carbocycles. The van der Waals surface area contributed by atoms with E-state index in [9.17, 15) is 0 Å². The molecule has 2 heterocycles. The van der Waals surface area contributed by atoms with E-state index in [1.807, 2.05) is 24.3 Å². The summed E-state index contributed by atoms with van der Waals surface area (Å²) >= 11 is 0. The van der Waals surface area contributed by atoms with Crippen molar-refractivity contribution in [2.45, 2.75) is 51.8 Å². The summed E-state index contributed by atoms with van der Waals surface area (Å²) in [5.41, 5.74) is 1.17. The number of hydrogen-bond donors (Lipinski definition) is 0. The maximum Gasteiger partial charge on any atom is 0.145 e. The SMILES string of the molecule is CCN(Cc1ccccc1Oc1cccnc1)C1CCOC(C)(C)C1. The van der Waals surface area contributed by atoms with Gasteiger partial charge in [0, 0.05) is 31.0 Å². The largest absolute Gasteiger partial charge is 0.455 e. The molecule has 0 radical (unpaired) electrons. The van der Waals surface area contributed by atoms with E-state index in [-0.39, 0.29) is 5.60 Å². The molecule has 2 aromatic rings. The lowest BCUT2D eigenvalue weighted by Crippen LogP contribution is -2.45. The zero-order chi connectivity index (χ0) is 17.7. The molecule has 0 spiro atoms. The van der Waals surface area contributed by atoms with E-state index in [1.165, 1.54) is 5.56 Å². The fourth-order valence-corrected chi connectivity index (χ4v) is 3.50. The summed E-state index contributed by atoms with van der Waals surface area (Å²) in [5, 5.41) is 0. The molecule has 1 aromatic heterocycles. The van der Waals surface area contributed by atoms with Crippen LogP contribution >= 0.6 is 0 Å². The first kappa shape index (κ1) is 17.9. The Hall–Kier alpha value is -1.91. The van der Waals surface area contributed by atoms with Crippen molar-refractivity contribution in [3.63, 3.8) is 0 Å². The highest BCUT2D eigenvalue weighted by atomic mass is 16.5. The monoisotopic (exact) mass is 340 g/mol. The van der Waals surface area contributed by atoms with Crippen LogP contribution in [0.3, 0.4) is 0 Å². The molecule has 0 N–H and O–H groups in total. The minimum absolute atomic E-state index is 0.0396. The summed E-state index contributed by atoms with van der Waals surface area (Å²) in [6.45, 7) is 9.34. The predicted molar refractivity (Wildman–Crippen MR) is 99.9 cm³/mol. The van der Waals surface area contributed by atoms with Gasteiger partial charge < -0.3 is 9.47 Å². The molecule has 1 saturated heterocycles. The molecular formula is C21H28N2O2. The highest BCUT2D eigenvalue weighted by Gasteiger charge is 2.32. The molecule has 134 valence electrons. The van der Waals surface area contributed by atoms with Crippen LogP contribution in [0, 0.1) is 0 Å². The van der Waals surface area contributed by atoms with Crippen LogP contribution in [-0.4, -0.2) is 34.7 Å². The first-order valence-corrected chi connectivity index (χ1v) is 9.11. The van der Waals surface area contributed by atoms with Crippen LogP contribution in [0.5, 0.6) is 11.5 Å². The first-order chi connectivity index (χ1) is 12.1. The second-order valence-corrected chi connectivity index (χ2v) is 7.22. The topological polar surface area (TPSA) is 34.6 Å². The smallest absolute Gasteiger partial charge is 0.145 e. The molecule has 4 heteroatoms. The van der Waals surface area contributed by atoms with E-state index in [0.717, 1.165) is 44.0 Å².